The van der Waals surface area contributed by atoms with E-state index in [0.29, 0.717) is 22.6 Å². The quantitative estimate of drug-likeness (QED) is 0.790. The van der Waals surface area contributed by atoms with E-state index in [4.69, 9.17) is 17.3 Å². The predicted octanol–water partition coefficient (Wildman–Crippen LogP) is 1.38. The van der Waals surface area contributed by atoms with Gasteiger partial charge in [-0.05, 0) is 34.9 Å². The van der Waals surface area contributed by atoms with Gasteiger partial charge < -0.3 is 5.73 Å². The van der Waals surface area contributed by atoms with Crippen LogP contribution in [0.2, 0.25) is 5.02 Å². The molecule has 2 N–H and O–H groups in total. The number of hydrogen-bond donors (Lipinski definition) is 1. The summed E-state index contributed by atoms with van der Waals surface area (Å²) >= 11 is 5.88. The van der Waals surface area contributed by atoms with Crippen molar-refractivity contribution in [2.24, 2.45) is 5.73 Å². The fourth-order valence-corrected chi connectivity index (χ4v) is 1.43. The van der Waals surface area contributed by atoms with Crippen molar-refractivity contribution in [2.45, 2.75) is 6.42 Å². The summed E-state index contributed by atoms with van der Waals surface area (Å²) in [4.78, 5) is 0. The summed E-state index contributed by atoms with van der Waals surface area (Å²) in [6.07, 6.45) is 0.752. The summed E-state index contributed by atoms with van der Waals surface area (Å²) in [6.45, 7) is 0.573. The van der Waals surface area contributed by atoms with Gasteiger partial charge in [0.1, 0.15) is 5.52 Å². The zero-order valence-corrected chi connectivity index (χ0v) is 7.58. The third-order valence-corrected chi connectivity index (χ3v) is 2.17. The van der Waals surface area contributed by atoms with Crippen LogP contribution in [0.5, 0.6) is 0 Å². The second-order valence-corrected chi connectivity index (χ2v) is 3.11. The Morgan fingerprint density at radius 2 is 2.08 bits per heavy atom. The van der Waals surface area contributed by atoms with Crippen LogP contribution in [0.3, 0.4) is 0 Å². The lowest BCUT2D eigenvalue weighted by Gasteiger charge is -1.98. The minimum absolute atomic E-state index is 0.553. The molecule has 0 aliphatic heterocycles. The highest BCUT2D eigenvalue weighted by Crippen LogP contribution is 2.23. The molecule has 68 valence electrons. The molecule has 0 aliphatic rings. The van der Waals surface area contributed by atoms with Gasteiger partial charge >= 0.3 is 0 Å². The van der Waals surface area contributed by atoms with Crippen molar-refractivity contribution in [3.8, 4) is 0 Å². The maximum Gasteiger partial charge on any atom is 0.154 e. The van der Waals surface area contributed by atoms with Crippen LogP contribution in [0.1, 0.15) is 5.56 Å². The van der Waals surface area contributed by atoms with Crippen molar-refractivity contribution in [3.05, 3.63) is 22.7 Å². The first-order valence-corrected chi connectivity index (χ1v) is 4.30. The van der Waals surface area contributed by atoms with Gasteiger partial charge in [-0.3, -0.25) is 0 Å². The van der Waals surface area contributed by atoms with E-state index in [0.717, 1.165) is 12.0 Å². The number of nitrogens with zero attached hydrogens (tertiary/aromatic N) is 2. The van der Waals surface area contributed by atoms with Crippen molar-refractivity contribution >= 4 is 22.6 Å². The van der Waals surface area contributed by atoms with Gasteiger partial charge in [-0.15, -0.1) is 0 Å². The van der Waals surface area contributed by atoms with E-state index < -0.39 is 0 Å². The molecule has 0 aliphatic carbocycles. The number of fused-ring (bicyclic) bond motifs is 1. The first-order valence-electron chi connectivity index (χ1n) is 3.92. The fraction of sp³-hybridized carbons (Fsp3) is 0.250. The van der Waals surface area contributed by atoms with Crippen LogP contribution in [-0.2, 0) is 6.42 Å². The molecule has 0 saturated heterocycles. The lowest BCUT2D eigenvalue weighted by Crippen LogP contribution is -2.03. The monoisotopic (exact) mass is 197 g/mol. The Hall–Kier alpha value is -1.13. The van der Waals surface area contributed by atoms with Gasteiger partial charge in [0.25, 0.3) is 0 Å². The van der Waals surface area contributed by atoms with Gasteiger partial charge in [-0.1, -0.05) is 17.7 Å². The smallest absolute Gasteiger partial charge is 0.154 e. The SMILES string of the molecule is NCCc1ccc(Cl)c2nonc12. The van der Waals surface area contributed by atoms with Crippen molar-refractivity contribution < 1.29 is 4.63 Å². The van der Waals surface area contributed by atoms with Crippen molar-refractivity contribution in [2.75, 3.05) is 6.54 Å². The van der Waals surface area contributed by atoms with E-state index in [1.54, 1.807) is 6.07 Å². The highest BCUT2D eigenvalue weighted by molar-refractivity contribution is 6.34. The fourth-order valence-electron chi connectivity index (χ4n) is 1.24. The van der Waals surface area contributed by atoms with E-state index in [-0.39, 0.29) is 0 Å². The maximum atomic E-state index is 5.88. The Morgan fingerprint density at radius 1 is 1.31 bits per heavy atom. The van der Waals surface area contributed by atoms with Crippen molar-refractivity contribution in [3.63, 3.8) is 0 Å². The highest BCUT2D eigenvalue weighted by Gasteiger charge is 2.09. The van der Waals surface area contributed by atoms with Gasteiger partial charge in [0, 0.05) is 0 Å². The predicted molar refractivity (Wildman–Crippen MR) is 49.6 cm³/mol. The van der Waals surface area contributed by atoms with Crippen LogP contribution in [-0.4, -0.2) is 16.9 Å². The summed E-state index contributed by atoms with van der Waals surface area (Å²) in [7, 11) is 0. The molecule has 2 rings (SSSR count). The van der Waals surface area contributed by atoms with Crippen LogP contribution in [0.4, 0.5) is 0 Å². The topological polar surface area (TPSA) is 64.9 Å². The lowest BCUT2D eigenvalue weighted by atomic mass is 10.1. The third-order valence-electron chi connectivity index (χ3n) is 1.86. The minimum Gasteiger partial charge on any atom is -0.330 e. The molecule has 13 heavy (non-hydrogen) atoms. The van der Waals surface area contributed by atoms with Crippen molar-refractivity contribution in [1.29, 1.82) is 0 Å². The van der Waals surface area contributed by atoms with Crippen LogP contribution in [0.15, 0.2) is 16.8 Å². The van der Waals surface area contributed by atoms with Crippen LogP contribution < -0.4 is 5.73 Å². The summed E-state index contributed by atoms with van der Waals surface area (Å²) in [6, 6.07) is 3.67. The van der Waals surface area contributed by atoms with Gasteiger partial charge in [-0.2, -0.15) is 0 Å². The number of hydrogen-bond acceptors (Lipinski definition) is 4. The Balaban J connectivity index is 2.64. The number of aromatic nitrogens is 2. The van der Waals surface area contributed by atoms with Gasteiger partial charge in [0.2, 0.25) is 0 Å². The van der Waals surface area contributed by atoms with E-state index in [1.165, 1.54) is 0 Å². The summed E-state index contributed by atoms with van der Waals surface area (Å²) in [5.41, 5.74) is 7.77. The zero-order chi connectivity index (χ0) is 9.26. The second kappa shape index (κ2) is 3.32. The lowest BCUT2D eigenvalue weighted by molar-refractivity contribution is 0.315. The molecule has 1 aromatic heterocycles. The average Bonchev–Trinajstić information content (AvgIpc) is 2.59. The van der Waals surface area contributed by atoms with Crippen LogP contribution in [0.25, 0.3) is 11.0 Å². The van der Waals surface area contributed by atoms with Gasteiger partial charge in [-0.25, -0.2) is 4.63 Å². The molecular weight excluding hydrogens is 190 g/mol. The normalized spacial score (nSPS) is 10.9. The Bertz CT molecular complexity index is 426. The largest absolute Gasteiger partial charge is 0.330 e. The number of rotatable bonds is 2. The molecule has 1 heterocycles. The average molecular weight is 198 g/mol. The molecule has 0 amide bonds. The molecule has 2 aromatic rings. The number of benzene rings is 1. The molecule has 0 radical (unpaired) electrons. The zero-order valence-electron chi connectivity index (χ0n) is 6.83. The Kier molecular flexibility index (Phi) is 2.16. The van der Waals surface area contributed by atoms with Crippen LogP contribution in [0, 0.1) is 0 Å². The second-order valence-electron chi connectivity index (χ2n) is 2.71. The van der Waals surface area contributed by atoms with E-state index >= 15 is 0 Å². The van der Waals surface area contributed by atoms with Crippen molar-refractivity contribution in [1.82, 2.24) is 10.3 Å². The first kappa shape index (κ1) is 8.47. The molecule has 1 aromatic carbocycles. The molecule has 5 heteroatoms. The van der Waals surface area contributed by atoms with E-state index in [1.807, 2.05) is 6.07 Å². The molecule has 0 saturated carbocycles. The summed E-state index contributed by atoms with van der Waals surface area (Å²) in [5, 5.41) is 8.03. The molecule has 0 bridgehead atoms. The maximum absolute atomic E-state index is 5.88. The standard InChI is InChI=1S/C8H8ClN3O/c9-6-2-1-5(3-4-10)7-8(6)12-13-11-7/h1-2H,3-4,10H2. The van der Waals surface area contributed by atoms with Crippen LogP contribution >= 0.6 is 11.6 Å². The minimum atomic E-state index is 0.553. The van der Waals surface area contributed by atoms with Gasteiger partial charge in [0.05, 0.1) is 5.02 Å². The van der Waals surface area contributed by atoms with E-state index in [2.05, 4.69) is 14.9 Å². The highest BCUT2D eigenvalue weighted by atomic mass is 35.5. The molecule has 0 fully saturated rings. The Labute approximate surface area is 79.6 Å². The first-order chi connectivity index (χ1) is 6.33. The third kappa shape index (κ3) is 1.38. The number of halogens is 1. The molecular formula is C8H8ClN3O. The summed E-state index contributed by atoms with van der Waals surface area (Å²) in [5.74, 6) is 0. The Morgan fingerprint density at radius 3 is 2.85 bits per heavy atom. The molecule has 4 nitrogen and oxygen atoms in total. The molecule has 0 atom stereocenters. The van der Waals surface area contributed by atoms with Gasteiger partial charge in [0.15, 0.2) is 5.52 Å². The number of nitrogens with two attached hydrogens (primary N) is 1. The molecule has 0 spiro atoms. The summed E-state index contributed by atoms with van der Waals surface area (Å²) < 4.78 is 4.61. The van der Waals surface area contributed by atoms with E-state index in [9.17, 15) is 0 Å². The molecule has 0 unspecified atom stereocenters.